The molecule has 7 N–H and O–H groups in total. The molecule has 12 atom stereocenters. The summed E-state index contributed by atoms with van der Waals surface area (Å²) in [4.78, 5) is 74.0. The molecule has 0 unspecified atom stereocenters. The number of halogens is 2. The van der Waals surface area contributed by atoms with Crippen molar-refractivity contribution in [2.75, 3.05) is 10.6 Å². The van der Waals surface area contributed by atoms with Crippen LogP contribution in [0.2, 0.25) is 0 Å². The monoisotopic (exact) mass is 1560 g/mol. The van der Waals surface area contributed by atoms with Gasteiger partial charge in [-0.15, -0.1) is 0 Å². The number of carbonyl (C=O) groups is 6. The average Bonchev–Trinajstić information content (AvgIpc) is 1.59. The second-order valence-electron chi connectivity index (χ2n) is 30.1. The van der Waals surface area contributed by atoms with Crippen molar-refractivity contribution in [1.29, 1.82) is 0 Å². The molecule has 22 heteroatoms. The fourth-order valence-corrected chi connectivity index (χ4v) is 15.5. The Kier molecular flexibility index (Phi) is 33.5. The van der Waals surface area contributed by atoms with Crippen molar-refractivity contribution in [3.05, 3.63) is 228 Å². The summed E-state index contributed by atoms with van der Waals surface area (Å²) in [5.41, 5.74) is 10.7. The number of hydrogen-bond donors (Lipinski definition) is 7. The molecule has 8 aromatic rings. The molecule has 3 heterocycles. The number of aliphatic hydroxyl groups excluding tert-OH is 5. The normalized spacial score (nSPS) is 19.1. The van der Waals surface area contributed by atoms with Crippen LogP contribution < -0.4 is 20.8 Å². The first-order valence-corrected chi connectivity index (χ1v) is 38.6. The number of allylic oxidation sites excluding steroid dienone is 3. The summed E-state index contributed by atoms with van der Waals surface area (Å²) in [7, 11) is 0. The molecule has 0 radical (unpaired) electrons. The topological polar surface area (TPSA) is 302 Å². The van der Waals surface area contributed by atoms with E-state index in [2.05, 4.69) is 42.7 Å². The predicted molar refractivity (Wildman–Crippen MR) is 426 cm³/mol. The molecule has 2 aromatic heterocycles. The Bertz CT molecular complexity index is 4250. The zero-order valence-corrected chi connectivity index (χ0v) is 67.3. The number of aromatic nitrogens is 2. The number of cyclic esters (lactones) is 1. The van der Waals surface area contributed by atoms with E-state index < -0.39 is 66.9 Å². The van der Waals surface area contributed by atoms with Crippen LogP contribution in [0.3, 0.4) is 0 Å². The maximum absolute atomic E-state index is 14.0. The first kappa shape index (κ1) is 88.7. The Labute approximate surface area is 684 Å². The molecule has 11 rings (SSSR count). The molecule has 0 bridgehead atoms. The molecule has 112 heavy (non-hydrogen) atoms. The number of anilines is 2. The third-order valence-corrected chi connectivity index (χ3v) is 20.8. The predicted octanol–water partition coefficient (Wildman–Crippen LogP) is 13.8. The molecule has 3 aliphatic rings. The first-order valence-electron chi connectivity index (χ1n) is 38.6. The van der Waals surface area contributed by atoms with Crippen LogP contribution in [-0.4, -0.2) is 151 Å². The fourth-order valence-electron chi connectivity index (χ4n) is 15.5. The summed E-state index contributed by atoms with van der Waals surface area (Å²) < 4.78 is 43.5. The van der Waals surface area contributed by atoms with Gasteiger partial charge in [-0.05, 0) is 182 Å². The summed E-state index contributed by atoms with van der Waals surface area (Å²) in [6.45, 7) is 16.8. The number of para-hydroxylation sites is 2. The number of hydrogen-bond acceptors (Lipinski definition) is 15. The second-order valence-corrected chi connectivity index (χ2v) is 30.1. The Morgan fingerprint density at radius 3 is 1.39 bits per heavy atom. The number of ether oxygens (including phenoxy) is 2. The Morgan fingerprint density at radius 2 is 1.00 bits per heavy atom. The summed E-state index contributed by atoms with van der Waals surface area (Å²) in [6, 6.07) is 49.4. The number of amides is 2. The number of rotatable bonds is 30. The van der Waals surface area contributed by atoms with Gasteiger partial charge in [0.2, 0.25) is 0 Å². The number of aliphatic hydroxyl groups is 5. The van der Waals surface area contributed by atoms with E-state index in [0.29, 0.717) is 80.3 Å². The van der Waals surface area contributed by atoms with Crippen molar-refractivity contribution in [3.8, 4) is 44.8 Å². The zero-order chi connectivity index (χ0) is 80.2. The number of benzene rings is 6. The maximum Gasteiger partial charge on any atom is 2.00 e. The van der Waals surface area contributed by atoms with E-state index in [4.69, 9.17) is 9.47 Å². The van der Waals surface area contributed by atoms with Gasteiger partial charge in [-0.3, -0.25) is 19.2 Å². The van der Waals surface area contributed by atoms with Crippen LogP contribution in [0.25, 0.3) is 44.8 Å². The van der Waals surface area contributed by atoms with E-state index in [1.54, 1.807) is 48.5 Å². The van der Waals surface area contributed by atoms with Crippen LogP contribution in [-0.2, 0) is 41.7 Å². The van der Waals surface area contributed by atoms with Crippen molar-refractivity contribution >= 4 is 84.8 Å². The summed E-state index contributed by atoms with van der Waals surface area (Å²) >= 11 is 0. The number of aliphatic carboxylic acids is 2. The Balaban J connectivity index is 0.000000213. The van der Waals surface area contributed by atoms with Gasteiger partial charge in [-0.1, -0.05) is 171 Å². The SMILES string of the molecule is CC(C)c1c(C(=O)Nc2ccccc2)c(-c2ccccc2)c(-c2ccc(F)cc2)n1CC[C@@H](O)C[C@@H](O)CC(=O)[O-].CC(C)c1c(C(=O)Nc2ccccc2)c(-c2ccccc2)c(-c2ccc(F)cc2)n1CC[C@@H](O)C[C@@H](O)CC(=O)[O-].CC[C@H](C)C(=O)O[C@H]1C[C@@H](C)C=C2C=C[C@H](C)[C@H](CC[C@@H]3C[C@@H](O)CC(=O)O3)[C@H]21.[Ca+2]. The third kappa shape index (κ3) is 24.1. The van der Waals surface area contributed by atoms with Crippen LogP contribution in [0.4, 0.5) is 20.2 Å². The minimum absolute atomic E-state index is 0. The number of carbonyl (C=O) groups excluding carboxylic acids is 6. The van der Waals surface area contributed by atoms with Crippen LogP contribution >= 0.6 is 0 Å². The van der Waals surface area contributed by atoms with Crippen molar-refractivity contribution < 1.29 is 82.8 Å². The van der Waals surface area contributed by atoms with E-state index in [-0.39, 0.29) is 143 Å². The summed E-state index contributed by atoms with van der Waals surface area (Å²) in [5, 5.41) is 79.1. The minimum Gasteiger partial charge on any atom is -0.550 e. The molecule has 6 aromatic carbocycles. The van der Waals surface area contributed by atoms with Gasteiger partial charge >= 0.3 is 49.7 Å². The van der Waals surface area contributed by atoms with Gasteiger partial charge in [-0.2, -0.15) is 0 Å². The quantitative estimate of drug-likeness (QED) is 0.0163. The Hall–Kier alpha value is -8.90. The van der Waals surface area contributed by atoms with E-state index in [1.165, 1.54) is 29.8 Å². The standard InChI is InChI=1S/2C33H35FN2O5.C24H36O5.Ca/c2*1-21(2)31-30(33(41)35-25-11-7-4-8-12-25)29(22-9-5-3-6-10-22)32(23-13-15-24(34)16-14-23)36(31)18-17-26(37)19-27(38)20-28(39)40;1-5-15(3)24(27)29-21-11-14(2)10-17-7-6-16(4)20(23(17)21)9-8-19-12-18(25)13-22(26)28-19;/h2*3-16,21,26-27,37-38H,17-20H2,1-2H3,(H,35,41)(H,39,40);6-7,10,14-16,18-21,23,25H,5,8-9,11-13H2,1-4H3;/q;;;+2/p-2/t2*26-,27-;14-,15-,16-,18+,19+,20-,21-,23-;/m110./s1. The minimum atomic E-state index is -1.39. The van der Waals surface area contributed by atoms with Crippen LogP contribution in [0.1, 0.15) is 176 Å². The van der Waals surface area contributed by atoms with Gasteiger partial charge < -0.3 is 74.6 Å². The van der Waals surface area contributed by atoms with Crippen molar-refractivity contribution in [2.24, 2.45) is 29.6 Å². The molecular formula is C90H104CaF2N4O15. The largest absolute Gasteiger partial charge is 2.00 e. The molecular weight excluding hydrogens is 1460 g/mol. The summed E-state index contributed by atoms with van der Waals surface area (Å²) in [6.07, 6.45) is 4.16. The van der Waals surface area contributed by atoms with Gasteiger partial charge in [0.1, 0.15) is 23.8 Å². The van der Waals surface area contributed by atoms with Crippen molar-refractivity contribution in [3.63, 3.8) is 0 Å². The van der Waals surface area contributed by atoms with Gasteiger partial charge in [0.05, 0.1) is 65.4 Å². The zero-order valence-electron chi connectivity index (χ0n) is 65.1. The van der Waals surface area contributed by atoms with Crippen LogP contribution in [0, 0.1) is 41.2 Å². The first-order chi connectivity index (χ1) is 53.1. The number of nitrogens with zero attached hydrogens (tertiary/aromatic N) is 2. The smallest absolute Gasteiger partial charge is 0.550 e. The van der Waals surface area contributed by atoms with E-state index in [9.17, 15) is 73.3 Å². The molecule has 590 valence electrons. The molecule has 1 saturated heterocycles. The van der Waals surface area contributed by atoms with Crippen LogP contribution in [0.15, 0.2) is 194 Å². The van der Waals surface area contributed by atoms with Gasteiger partial charge in [0.25, 0.3) is 11.8 Å². The second kappa shape index (κ2) is 42.3. The Morgan fingerprint density at radius 1 is 0.580 bits per heavy atom. The maximum atomic E-state index is 14.0. The molecule has 0 spiro atoms. The molecule has 1 aliphatic heterocycles. The van der Waals surface area contributed by atoms with Crippen molar-refractivity contribution in [2.45, 2.75) is 200 Å². The molecule has 19 nitrogen and oxygen atoms in total. The molecule has 1 fully saturated rings. The number of nitrogens with one attached hydrogen (secondary N) is 2. The average molecular weight is 1560 g/mol. The van der Waals surface area contributed by atoms with Gasteiger partial charge in [-0.25, -0.2) is 8.78 Å². The van der Waals surface area contributed by atoms with Crippen molar-refractivity contribution in [1.82, 2.24) is 9.13 Å². The summed E-state index contributed by atoms with van der Waals surface area (Å²) in [5.74, 6) is -3.65. The molecule has 2 aliphatic carbocycles. The number of esters is 2. The van der Waals surface area contributed by atoms with E-state index in [0.717, 1.165) is 48.2 Å². The van der Waals surface area contributed by atoms with E-state index >= 15 is 0 Å². The third-order valence-electron chi connectivity index (χ3n) is 20.8. The number of fused-ring (bicyclic) bond motifs is 1. The number of carboxylic acid groups (broad SMARTS) is 2. The van der Waals surface area contributed by atoms with Gasteiger partial charge in [0.15, 0.2) is 0 Å². The molecule has 2 amide bonds. The van der Waals surface area contributed by atoms with E-state index in [1.807, 2.05) is 148 Å². The number of carboxylic acids is 2. The fraction of sp³-hybridized carbons (Fsp3) is 0.400. The van der Waals surface area contributed by atoms with Gasteiger partial charge in [0, 0.05) is 84.1 Å². The molecule has 0 saturated carbocycles. The van der Waals surface area contributed by atoms with Crippen LogP contribution in [0.5, 0.6) is 0 Å².